The smallest absolute Gasteiger partial charge is 0.196 e. The fourth-order valence-electron chi connectivity index (χ4n) is 2.85. The molecule has 0 aliphatic rings. The van der Waals surface area contributed by atoms with Crippen molar-refractivity contribution in [1.29, 1.82) is 0 Å². The zero-order chi connectivity index (χ0) is 21.6. The molecule has 31 heavy (non-hydrogen) atoms. The van der Waals surface area contributed by atoms with E-state index >= 15 is 0 Å². The Balaban J connectivity index is 1.49. The van der Waals surface area contributed by atoms with E-state index in [4.69, 9.17) is 27.9 Å². The van der Waals surface area contributed by atoms with Gasteiger partial charge in [0.15, 0.2) is 11.0 Å². The number of ether oxygens (including phenoxy) is 1. The molecule has 0 aliphatic carbocycles. The highest BCUT2D eigenvalue weighted by atomic mass is 35.5. The number of benzene rings is 2. The van der Waals surface area contributed by atoms with Crippen molar-refractivity contribution in [2.45, 2.75) is 11.3 Å². The monoisotopic (exact) mass is 472 g/mol. The minimum absolute atomic E-state index is 0.0714. The Hall–Kier alpha value is -2.58. The summed E-state index contributed by atoms with van der Waals surface area (Å²) in [6.45, 7) is 0.0714. The van der Waals surface area contributed by atoms with E-state index in [-0.39, 0.29) is 6.61 Å². The summed E-state index contributed by atoms with van der Waals surface area (Å²) in [5.41, 5.74) is 1.77. The minimum Gasteiger partial charge on any atom is -0.489 e. The molecule has 0 saturated heterocycles. The molecule has 1 atom stereocenters. The Labute approximate surface area is 193 Å². The van der Waals surface area contributed by atoms with E-state index in [1.165, 1.54) is 11.8 Å². The lowest BCUT2D eigenvalue weighted by atomic mass is 10.2. The van der Waals surface area contributed by atoms with Gasteiger partial charge < -0.3 is 9.84 Å². The second-order valence-electron chi connectivity index (χ2n) is 6.57. The minimum atomic E-state index is -0.747. The van der Waals surface area contributed by atoms with Gasteiger partial charge in [-0.2, -0.15) is 0 Å². The van der Waals surface area contributed by atoms with Crippen molar-refractivity contribution >= 4 is 35.0 Å². The zero-order valence-electron chi connectivity index (χ0n) is 16.2. The van der Waals surface area contributed by atoms with E-state index in [1.54, 1.807) is 30.6 Å². The van der Waals surface area contributed by atoms with Crippen LogP contribution in [0.25, 0.3) is 17.1 Å². The van der Waals surface area contributed by atoms with Crippen molar-refractivity contribution < 1.29 is 9.84 Å². The zero-order valence-corrected chi connectivity index (χ0v) is 18.6. The SMILES string of the molecule is O[C@H](COc1cc(Cl)ccc1Cl)CSc1nnc(-c2cccnc2)n1-c1ccccc1. The lowest BCUT2D eigenvalue weighted by Gasteiger charge is -2.14. The van der Waals surface area contributed by atoms with Crippen molar-refractivity contribution in [1.82, 2.24) is 19.7 Å². The highest BCUT2D eigenvalue weighted by Crippen LogP contribution is 2.29. The molecule has 0 saturated carbocycles. The highest BCUT2D eigenvalue weighted by molar-refractivity contribution is 7.99. The van der Waals surface area contributed by atoms with Gasteiger partial charge in [-0.1, -0.05) is 53.2 Å². The summed E-state index contributed by atoms with van der Waals surface area (Å²) in [6, 6.07) is 18.6. The fraction of sp³-hybridized carbons (Fsp3) is 0.136. The molecule has 0 fully saturated rings. The van der Waals surface area contributed by atoms with Gasteiger partial charge in [-0.15, -0.1) is 10.2 Å². The van der Waals surface area contributed by atoms with Crippen LogP contribution in [0.4, 0.5) is 0 Å². The van der Waals surface area contributed by atoms with E-state index in [0.29, 0.717) is 32.5 Å². The summed E-state index contributed by atoms with van der Waals surface area (Å²) < 4.78 is 7.57. The molecule has 6 nitrogen and oxygen atoms in total. The maximum atomic E-state index is 10.4. The maximum absolute atomic E-state index is 10.4. The van der Waals surface area contributed by atoms with Crippen LogP contribution in [0.3, 0.4) is 0 Å². The average Bonchev–Trinajstić information content (AvgIpc) is 3.23. The Bertz CT molecular complexity index is 1140. The summed E-state index contributed by atoms with van der Waals surface area (Å²) in [7, 11) is 0. The Morgan fingerprint density at radius 1 is 1.03 bits per heavy atom. The van der Waals surface area contributed by atoms with Gasteiger partial charge in [-0.05, 0) is 36.4 Å². The van der Waals surface area contributed by atoms with Gasteiger partial charge in [0.1, 0.15) is 12.4 Å². The van der Waals surface area contributed by atoms with E-state index in [2.05, 4.69) is 15.2 Å². The number of rotatable bonds is 8. The molecule has 2 aromatic carbocycles. The number of aliphatic hydroxyl groups is 1. The third kappa shape index (κ3) is 5.37. The number of halogens is 2. The molecule has 1 N–H and O–H groups in total. The predicted molar refractivity (Wildman–Crippen MR) is 123 cm³/mol. The number of hydrogen-bond donors (Lipinski definition) is 1. The number of aromatic nitrogens is 4. The summed E-state index contributed by atoms with van der Waals surface area (Å²) >= 11 is 13.5. The number of hydrogen-bond acceptors (Lipinski definition) is 6. The van der Waals surface area contributed by atoms with Crippen molar-refractivity contribution in [3.63, 3.8) is 0 Å². The molecule has 158 valence electrons. The van der Waals surface area contributed by atoms with E-state index in [0.717, 1.165) is 11.3 Å². The summed E-state index contributed by atoms with van der Waals surface area (Å²) in [4.78, 5) is 4.18. The first kappa shape index (κ1) is 21.6. The molecular formula is C22H18Cl2N4O2S. The van der Waals surface area contributed by atoms with Gasteiger partial charge in [0.2, 0.25) is 0 Å². The molecule has 9 heteroatoms. The van der Waals surface area contributed by atoms with Gasteiger partial charge in [0, 0.05) is 40.5 Å². The normalized spacial score (nSPS) is 12.0. The van der Waals surface area contributed by atoms with Crippen molar-refractivity contribution in [2.75, 3.05) is 12.4 Å². The molecule has 0 spiro atoms. The second kappa shape index (κ2) is 10.2. The number of nitrogens with zero attached hydrogens (tertiary/aromatic N) is 4. The quantitative estimate of drug-likeness (QED) is 0.356. The summed E-state index contributed by atoms with van der Waals surface area (Å²) in [6.07, 6.45) is 2.71. The largest absolute Gasteiger partial charge is 0.489 e. The van der Waals surface area contributed by atoms with Gasteiger partial charge in [-0.25, -0.2) is 0 Å². The fourth-order valence-corrected chi connectivity index (χ4v) is 4.04. The molecule has 0 bridgehead atoms. The first-order valence-corrected chi connectivity index (χ1v) is 11.2. The lowest BCUT2D eigenvalue weighted by molar-refractivity contribution is 0.126. The Morgan fingerprint density at radius 3 is 2.65 bits per heavy atom. The first-order valence-electron chi connectivity index (χ1n) is 9.42. The van der Waals surface area contributed by atoms with Crippen LogP contribution in [-0.2, 0) is 0 Å². The summed E-state index contributed by atoms with van der Waals surface area (Å²) in [5, 5.41) is 20.7. The number of para-hydroxylation sites is 1. The number of aliphatic hydroxyl groups excluding tert-OH is 1. The molecule has 2 heterocycles. The average molecular weight is 473 g/mol. The van der Waals surface area contributed by atoms with Crippen LogP contribution in [0, 0.1) is 0 Å². The molecule has 0 radical (unpaired) electrons. The topological polar surface area (TPSA) is 73.1 Å². The van der Waals surface area contributed by atoms with Crippen LogP contribution < -0.4 is 4.74 Å². The molecule has 4 aromatic rings. The molecule has 0 unspecified atom stereocenters. The van der Waals surface area contributed by atoms with Crippen LogP contribution in [0.2, 0.25) is 10.0 Å². The second-order valence-corrected chi connectivity index (χ2v) is 8.40. The van der Waals surface area contributed by atoms with Crippen molar-refractivity contribution in [3.8, 4) is 22.8 Å². The summed E-state index contributed by atoms with van der Waals surface area (Å²) in [5.74, 6) is 1.47. The Morgan fingerprint density at radius 2 is 1.87 bits per heavy atom. The van der Waals surface area contributed by atoms with Crippen LogP contribution in [0.5, 0.6) is 5.75 Å². The van der Waals surface area contributed by atoms with Crippen LogP contribution >= 0.6 is 35.0 Å². The van der Waals surface area contributed by atoms with Gasteiger partial charge in [0.05, 0.1) is 11.1 Å². The van der Waals surface area contributed by atoms with Crippen molar-refractivity contribution in [3.05, 3.63) is 83.1 Å². The van der Waals surface area contributed by atoms with Crippen LogP contribution in [0.1, 0.15) is 0 Å². The third-order valence-corrected chi connectivity index (χ3v) is 5.92. The maximum Gasteiger partial charge on any atom is 0.196 e. The van der Waals surface area contributed by atoms with E-state index in [9.17, 15) is 5.11 Å². The van der Waals surface area contributed by atoms with Gasteiger partial charge >= 0.3 is 0 Å². The molecule has 4 rings (SSSR count). The van der Waals surface area contributed by atoms with E-state index < -0.39 is 6.10 Å². The first-order chi connectivity index (χ1) is 15.1. The number of pyridine rings is 1. The van der Waals surface area contributed by atoms with E-state index in [1.807, 2.05) is 47.0 Å². The van der Waals surface area contributed by atoms with Gasteiger partial charge in [-0.3, -0.25) is 9.55 Å². The molecule has 0 aliphatic heterocycles. The standard InChI is InChI=1S/C22H18Cl2N4O2S/c23-16-8-9-19(24)20(11-16)30-13-18(29)14-31-22-27-26-21(15-5-4-10-25-12-15)28(22)17-6-2-1-3-7-17/h1-12,18,29H,13-14H2/t18-/m1/s1. The third-order valence-electron chi connectivity index (χ3n) is 4.30. The van der Waals surface area contributed by atoms with Crippen molar-refractivity contribution in [2.24, 2.45) is 0 Å². The highest BCUT2D eigenvalue weighted by Gasteiger charge is 2.18. The molecule has 0 amide bonds. The van der Waals surface area contributed by atoms with Crippen LogP contribution in [-0.4, -0.2) is 43.3 Å². The lowest BCUT2D eigenvalue weighted by Crippen LogP contribution is -2.20. The number of thioether (sulfide) groups is 1. The predicted octanol–water partition coefficient (Wildman–Crippen LogP) is 5.17. The van der Waals surface area contributed by atoms with Crippen LogP contribution in [0.15, 0.2) is 78.2 Å². The van der Waals surface area contributed by atoms with Gasteiger partial charge in [0.25, 0.3) is 0 Å². The Kier molecular flexibility index (Phi) is 7.09. The molecular weight excluding hydrogens is 455 g/mol. The molecule has 2 aromatic heterocycles.